The summed E-state index contributed by atoms with van der Waals surface area (Å²) in [6, 6.07) is 4.05. The molecule has 23 heavy (non-hydrogen) atoms. The number of aromatic hydroxyl groups is 1. The highest BCUT2D eigenvalue weighted by atomic mass is 16.4. The molecule has 1 rings (SSSR count). The zero-order chi connectivity index (χ0) is 18.6. The van der Waals surface area contributed by atoms with Gasteiger partial charge in [-0.3, -0.25) is 9.59 Å². The minimum atomic E-state index is -1.31. The third kappa shape index (κ3) is 7.17. The molecule has 0 unspecified atom stereocenters. The van der Waals surface area contributed by atoms with Crippen LogP contribution in [0.3, 0.4) is 0 Å². The minimum absolute atomic E-state index is 0.0633. The summed E-state index contributed by atoms with van der Waals surface area (Å²) in [5.74, 6) is -2.22. The van der Waals surface area contributed by atoms with Gasteiger partial charge in [0.25, 0.3) is 0 Å². The third-order valence-corrected chi connectivity index (χ3v) is 3.25. The molecule has 0 aliphatic carbocycles. The van der Waals surface area contributed by atoms with Crippen molar-refractivity contribution in [3.63, 3.8) is 0 Å². The van der Waals surface area contributed by atoms with Crippen molar-refractivity contribution in [2.24, 2.45) is 0 Å². The van der Waals surface area contributed by atoms with Gasteiger partial charge in [0.15, 0.2) is 0 Å². The molecule has 0 saturated carbocycles. The Labute approximate surface area is 138 Å². The smallest absolute Gasteiger partial charge is 0.314 e. The van der Waals surface area contributed by atoms with Crippen LogP contribution in [0.15, 0.2) is 12.1 Å². The van der Waals surface area contributed by atoms with Gasteiger partial charge in [-0.15, -0.1) is 0 Å². The van der Waals surface area contributed by atoms with Crippen molar-refractivity contribution in [2.75, 3.05) is 0 Å². The van der Waals surface area contributed by atoms with Gasteiger partial charge in [-0.1, -0.05) is 47.6 Å². The van der Waals surface area contributed by atoms with Crippen LogP contribution in [0.1, 0.15) is 64.7 Å². The molecule has 0 aliphatic heterocycles. The molecule has 0 aromatic heterocycles. The van der Waals surface area contributed by atoms with Gasteiger partial charge in [0, 0.05) is 0 Å². The van der Waals surface area contributed by atoms with Crippen molar-refractivity contribution >= 4 is 11.9 Å². The second-order valence-electron chi connectivity index (χ2n) is 7.65. The number of carboxylic acid groups (broad SMARTS) is 2. The van der Waals surface area contributed by atoms with Gasteiger partial charge >= 0.3 is 11.9 Å². The van der Waals surface area contributed by atoms with Crippen LogP contribution in [0, 0.1) is 6.92 Å². The first-order valence-corrected chi connectivity index (χ1v) is 7.44. The molecule has 1 aromatic rings. The number of phenolic OH excluding ortho intramolecular Hbond substituents is 1. The molecule has 0 heterocycles. The van der Waals surface area contributed by atoms with E-state index < -0.39 is 18.4 Å². The van der Waals surface area contributed by atoms with E-state index in [0.29, 0.717) is 5.75 Å². The lowest BCUT2D eigenvalue weighted by molar-refractivity contribution is -0.147. The van der Waals surface area contributed by atoms with Crippen molar-refractivity contribution in [3.8, 4) is 5.75 Å². The van der Waals surface area contributed by atoms with Crippen molar-refractivity contribution in [1.29, 1.82) is 0 Å². The number of hydrogen-bond acceptors (Lipinski definition) is 3. The zero-order valence-corrected chi connectivity index (χ0v) is 15.0. The summed E-state index contributed by atoms with van der Waals surface area (Å²) in [6.45, 7) is 15.2. The Morgan fingerprint density at radius 3 is 1.48 bits per heavy atom. The topological polar surface area (TPSA) is 94.8 Å². The number of benzene rings is 1. The fourth-order valence-electron chi connectivity index (χ4n) is 2.07. The quantitative estimate of drug-likeness (QED) is 0.718. The predicted octanol–water partition coefficient (Wildman–Crippen LogP) is 3.84. The standard InChI is InChI=1S/C15H24O.C3H4O4/c1-10-8-11(14(2,3)4)12(9-13(10)16)15(5,6)7;4-2(5)1-3(6)7/h8-9,16H,1-7H3;1H2,(H,4,5)(H,6,7). The largest absolute Gasteiger partial charge is 0.508 e. The molecular weight excluding hydrogens is 296 g/mol. The first kappa shape index (κ1) is 21.0. The minimum Gasteiger partial charge on any atom is -0.508 e. The highest BCUT2D eigenvalue weighted by Gasteiger charge is 2.26. The Kier molecular flexibility index (Phi) is 6.82. The average Bonchev–Trinajstić information content (AvgIpc) is 2.28. The van der Waals surface area contributed by atoms with Crippen LogP contribution in [-0.2, 0) is 20.4 Å². The fraction of sp³-hybridized carbons (Fsp3) is 0.556. The third-order valence-electron chi connectivity index (χ3n) is 3.25. The van der Waals surface area contributed by atoms with E-state index in [4.69, 9.17) is 10.2 Å². The van der Waals surface area contributed by atoms with Crippen molar-refractivity contribution in [1.82, 2.24) is 0 Å². The van der Waals surface area contributed by atoms with Crippen LogP contribution in [0.2, 0.25) is 0 Å². The van der Waals surface area contributed by atoms with Gasteiger partial charge in [0.05, 0.1) is 0 Å². The Bertz CT molecular complexity index is 523. The summed E-state index contributed by atoms with van der Waals surface area (Å²) in [7, 11) is 0. The van der Waals surface area contributed by atoms with Crippen LogP contribution in [-0.4, -0.2) is 27.3 Å². The number of rotatable bonds is 2. The van der Waals surface area contributed by atoms with Gasteiger partial charge < -0.3 is 15.3 Å². The molecule has 0 spiro atoms. The molecule has 0 saturated heterocycles. The van der Waals surface area contributed by atoms with Crippen LogP contribution in [0.4, 0.5) is 0 Å². The number of hydrogen-bond donors (Lipinski definition) is 3. The predicted molar refractivity (Wildman–Crippen MR) is 90.1 cm³/mol. The second kappa shape index (κ2) is 7.49. The first-order valence-electron chi connectivity index (χ1n) is 7.44. The lowest BCUT2D eigenvalue weighted by atomic mass is 9.74. The molecule has 5 heteroatoms. The Morgan fingerprint density at radius 1 is 0.870 bits per heavy atom. The molecular formula is C18H28O5. The van der Waals surface area contributed by atoms with Gasteiger partial charge in [-0.25, -0.2) is 0 Å². The Balaban J connectivity index is 0.000000585. The summed E-state index contributed by atoms with van der Waals surface area (Å²) >= 11 is 0. The number of phenols is 1. The maximum atomic E-state index is 9.85. The highest BCUT2D eigenvalue weighted by Crippen LogP contribution is 2.37. The maximum absolute atomic E-state index is 9.85. The molecule has 5 nitrogen and oxygen atoms in total. The van der Waals surface area contributed by atoms with Gasteiger partial charge in [0.1, 0.15) is 12.2 Å². The lowest BCUT2D eigenvalue weighted by Gasteiger charge is -2.30. The van der Waals surface area contributed by atoms with Crippen molar-refractivity contribution < 1.29 is 24.9 Å². The van der Waals surface area contributed by atoms with Crippen LogP contribution < -0.4 is 0 Å². The molecule has 0 atom stereocenters. The number of carboxylic acids is 2. The molecule has 130 valence electrons. The fourth-order valence-corrected chi connectivity index (χ4v) is 2.07. The Hall–Kier alpha value is -2.04. The molecule has 0 fully saturated rings. The van der Waals surface area contributed by atoms with Crippen LogP contribution in [0.5, 0.6) is 5.75 Å². The van der Waals surface area contributed by atoms with E-state index in [1.807, 2.05) is 13.0 Å². The van der Waals surface area contributed by atoms with Gasteiger partial charge in [0.2, 0.25) is 0 Å². The molecule has 0 radical (unpaired) electrons. The van der Waals surface area contributed by atoms with E-state index in [2.05, 4.69) is 47.6 Å². The van der Waals surface area contributed by atoms with E-state index in [1.54, 1.807) is 0 Å². The van der Waals surface area contributed by atoms with Crippen LogP contribution in [0.25, 0.3) is 0 Å². The molecule has 0 aliphatic rings. The van der Waals surface area contributed by atoms with E-state index in [1.165, 1.54) is 11.1 Å². The van der Waals surface area contributed by atoms with Crippen LogP contribution >= 0.6 is 0 Å². The summed E-state index contributed by atoms with van der Waals surface area (Å²) in [5, 5.41) is 25.3. The maximum Gasteiger partial charge on any atom is 0.314 e. The van der Waals surface area contributed by atoms with Crippen molar-refractivity contribution in [3.05, 3.63) is 28.8 Å². The number of aliphatic carboxylic acids is 2. The van der Waals surface area contributed by atoms with E-state index >= 15 is 0 Å². The lowest BCUT2D eigenvalue weighted by Crippen LogP contribution is -2.22. The molecule has 0 amide bonds. The summed E-state index contributed by atoms with van der Waals surface area (Å²) < 4.78 is 0. The highest BCUT2D eigenvalue weighted by molar-refractivity contribution is 5.88. The molecule has 1 aromatic carbocycles. The SMILES string of the molecule is Cc1cc(C(C)(C)C)c(C(C)(C)C)cc1O.O=C(O)CC(=O)O. The summed E-state index contributed by atoms with van der Waals surface area (Å²) in [6.07, 6.45) is -0.806. The molecule has 0 bridgehead atoms. The summed E-state index contributed by atoms with van der Waals surface area (Å²) in [5.41, 5.74) is 3.70. The normalized spacial score (nSPS) is 11.4. The zero-order valence-electron chi connectivity index (χ0n) is 15.0. The Morgan fingerprint density at radius 2 is 1.22 bits per heavy atom. The molecule has 3 N–H and O–H groups in total. The van der Waals surface area contributed by atoms with Crippen molar-refractivity contribution in [2.45, 2.75) is 65.7 Å². The van der Waals surface area contributed by atoms with E-state index in [9.17, 15) is 14.7 Å². The monoisotopic (exact) mass is 324 g/mol. The van der Waals surface area contributed by atoms with Gasteiger partial charge in [-0.2, -0.15) is 0 Å². The first-order chi connectivity index (χ1) is 10.2. The average molecular weight is 324 g/mol. The summed E-state index contributed by atoms with van der Waals surface area (Å²) in [4.78, 5) is 18.9. The second-order valence-corrected chi connectivity index (χ2v) is 7.65. The number of aryl methyl sites for hydroxylation is 1. The van der Waals surface area contributed by atoms with E-state index in [0.717, 1.165) is 5.56 Å². The number of carbonyl (C=O) groups is 2. The van der Waals surface area contributed by atoms with E-state index in [-0.39, 0.29) is 10.8 Å². The van der Waals surface area contributed by atoms with Gasteiger partial charge in [-0.05, 0) is 40.5 Å².